The number of hydrogen-bond donors (Lipinski definition) is 3. The molecule has 3 N–H and O–H groups in total. The van der Waals surface area contributed by atoms with E-state index >= 15 is 0 Å². The monoisotopic (exact) mass is 341 g/mol. The maximum atomic E-state index is 11.1. The molecule has 0 bridgehead atoms. The van der Waals surface area contributed by atoms with Crippen LogP contribution in [-0.2, 0) is 6.42 Å². The normalized spacial score (nSPS) is 29.8. The molecule has 25 heavy (non-hydrogen) atoms. The Labute approximate surface area is 146 Å². The van der Waals surface area contributed by atoms with E-state index in [9.17, 15) is 15.0 Å². The molecule has 1 unspecified atom stereocenters. The Bertz CT molecular complexity index is 774. The molecule has 2 fully saturated rings. The van der Waals surface area contributed by atoms with Crippen molar-refractivity contribution in [3.05, 3.63) is 64.1 Å². The molecule has 2 aromatic rings. The fourth-order valence-electron chi connectivity index (χ4n) is 4.40. The van der Waals surface area contributed by atoms with Gasteiger partial charge in [0.05, 0.1) is 11.3 Å². The Morgan fingerprint density at radius 2 is 2.04 bits per heavy atom. The lowest BCUT2D eigenvalue weighted by atomic mass is 9.61. The number of aliphatic hydroxyl groups is 2. The smallest absolute Gasteiger partial charge is 0.264 e. The molecule has 1 aromatic heterocycles. The van der Waals surface area contributed by atoms with Gasteiger partial charge in [0.2, 0.25) is 0 Å². The predicted octanol–water partition coefficient (Wildman–Crippen LogP) is 0.729. The molecule has 2 heterocycles. The minimum Gasteiger partial charge on any atom is -0.389 e. The Balaban J connectivity index is 1.37. The van der Waals surface area contributed by atoms with Gasteiger partial charge in [0.15, 0.2) is 0 Å². The maximum Gasteiger partial charge on any atom is 0.264 e. The summed E-state index contributed by atoms with van der Waals surface area (Å²) in [7, 11) is 0. The van der Waals surface area contributed by atoms with Gasteiger partial charge in [-0.05, 0) is 24.0 Å². The number of benzene rings is 1. The Hall–Kier alpha value is -2.02. The Kier molecular flexibility index (Phi) is 4.19. The van der Waals surface area contributed by atoms with Crippen molar-refractivity contribution in [3.63, 3.8) is 0 Å². The number of nitrogens with one attached hydrogen (secondary N) is 1. The predicted molar refractivity (Wildman–Crippen MR) is 93.0 cm³/mol. The van der Waals surface area contributed by atoms with Crippen LogP contribution in [0.1, 0.15) is 23.8 Å². The Morgan fingerprint density at radius 3 is 2.76 bits per heavy atom. The zero-order chi connectivity index (χ0) is 17.4. The second-order valence-corrected chi connectivity index (χ2v) is 7.42. The van der Waals surface area contributed by atoms with Crippen molar-refractivity contribution >= 4 is 0 Å². The SMILES string of the molecule is O=c1ccc(C(O)CN2C[C@H]3C[C@](O)(Cc4ccccc4)[C@H]3C2)n[nH]1. The van der Waals surface area contributed by atoms with E-state index in [1.807, 2.05) is 18.2 Å². The number of β-amino-alcohol motifs (C(OH)–C–C–N with tert-alkyl or cyclic N) is 1. The van der Waals surface area contributed by atoms with Gasteiger partial charge in [-0.3, -0.25) is 9.69 Å². The van der Waals surface area contributed by atoms with Crippen molar-refractivity contribution in [2.75, 3.05) is 19.6 Å². The minimum atomic E-state index is -0.739. The van der Waals surface area contributed by atoms with Crippen LogP contribution in [0, 0.1) is 11.8 Å². The highest BCUT2D eigenvalue weighted by Gasteiger charge is 2.56. The topological polar surface area (TPSA) is 89.4 Å². The second kappa shape index (κ2) is 6.37. The van der Waals surface area contributed by atoms with Gasteiger partial charge in [-0.25, -0.2) is 5.10 Å². The van der Waals surface area contributed by atoms with E-state index < -0.39 is 11.7 Å². The van der Waals surface area contributed by atoms with Crippen LogP contribution in [0.5, 0.6) is 0 Å². The van der Waals surface area contributed by atoms with E-state index in [0.29, 0.717) is 24.6 Å². The van der Waals surface area contributed by atoms with E-state index in [0.717, 1.165) is 19.5 Å². The highest BCUT2D eigenvalue weighted by molar-refractivity contribution is 5.21. The van der Waals surface area contributed by atoms with Crippen molar-refractivity contribution in [3.8, 4) is 0 Å². The van der Waals surface area contributed by atoms with Crippen molar-refractivity contribution in [1.82, 2.24) is 15.1 Å². The molecule has 0 radical (unpaired) electrons. The molecule has 1 aliphatic carbocycles. The number of rotatable bonds is 5. The van der Waals surface area contributed by atoms with E-state index in [2.05, 4.69) is 27.2 Å². The molecule has 1 saturated heterocycles. The summed E-state index contributed by atoms with van der Waals surface area (Å²) in [5, 5.41) is 27.6. The molecule has 2 aliphatic rings. The van der Waals surface area contributed by atoms with Crippen LogP contribution in [-0.4, -0.2) is 50.5 Å². The summed E-state index contributed by atoms with van der Waals surface area (Å²) in [4.78, 5) is 13.3. The molecule has 1 aromatic carbocycles. The molecule has 0 amide bonds. The number of fused-ring (bicyclic) bond motifs is 1. The van der Waals surface area contributed by atoms with Crippen molar-refractivity contribution in [2.24, 2.45) is 11.8 Å². The van der Waals surface area contributed by atoms with Crippen LogP contribution >= 0.6 is 0 Å². The highest BCUT2D eigenvalue weighted by Crippen LogP contribution is 2.50. The first-order chi connectivity index (χ1) is 12.0. The van der Waals surface area contributed by atoms with Crippen molar-refractivity contribution in [2.45, 2.75) is 24.5 Å². The number of hydrogen-bond acceptors (Lipinski definition) is 5. The lowest BCUT2D eigenvalue weighted by Crippen LogP contribution is -2.55. The third-order valence-electron chi connectivity index (χ3n) is 5.65. The summed E-state index contributed by atoms with van der Waals surface area (Å²) < 4.78 is 0. The zero-order valence-corrected chi connectivity index (χ0v) is 14.0. The number of aromatic amines is 1. The standard InChI is InChI=1S/C19H23N3O3/c23-17(16-6-7-18(24)21-20-16)12-22-10-14-9-19(25,15(14)11-22)8-13-4-2-1-3-5-13/h1-7,14-15,17,23,25H,8-12H2,(H,21,24)/t14-,15+,17?,19-/m1/s1. The van der Waals surface area contributed by atoms with Gasteiger partial charge in [-0.15, -0.1) is 0 Å². The molecule has 132 valence electrons. The van der Waals surface area contributed by atoms with Crippen LogP contribution in [0.2, 0.25) is 0 Å². The van der Waals surface area contributed by atoms with E-state index in [4.69, 9.17) is 0 Å². The van der Waals surface area contributed by atoms with Gasteiger partial charge < -0.3 is 10.2 Å². The van der Waals surface area contributed by atoms with Crippen LogP contribution < -0.4 is 5.56 Å². The van der Waals surface area contributed by atoms with Gasteiger partial charge in [-0.1, -0.05) is 30.3 Å². The van der Waals surface area contributed by atoms with E-state index in [-0.39, 0.29) is 11.5 Å². The summed E-state index contributed by atoms with van der Waals surface area (Å²) in [6.45, 7) is 2.14. The summed E-state index contributed by atoms with van der Waals surface area (Å²) in [5.41, 5.74) is 0.723. The van der Waals surface area contributed by atoms with Gasteiger partial charge >= 0.3 is 0 Å². The molecule has 0 spiro atoms. The van der Waals surface area contributed by atoms with Crippen LogP contribution in [0.3, 0.4) is 0 Å². The van der Waals surface area contributed by atoms with Crippen molar-refractivity contribution < 1.29 is 10.2 Å². The molecule has 1 saturated carbocycles. The van der Waals surface area contributed by atoms with Crippen LogP contribution in [0.4, 0.5) is 0 Å². The van der Waals surface area contributed by atoms with Crippen LogP contribution in [0.25, 0.3) is 0 Å². The molecular weight excluding hydrogens is 318 g/mol. The third-order valence-corrected chi connectivity index (χ3v) is 5.65. The summed E-state index contributed by atoms with van der Waals surface area (Å²) in [6, 6.07) is 13.0. The molecule has 4 atom stereocenters. The molecule has 4 rings (SSSR count). The minimum absolute atomic E-state index is 0.253. The Morgan fingerprint density at radius 1 is 1.24 bits per heavy atom. The summed E-state index contributed by atoms with van der Waals surface area (Å²) >= 11 is 0. The number of nitrogens with zero attached hydrogens (tertiary/aromatic N) is 2. The third kappa shape index (κ3) is 3.25. The molecular formula is C19H23N3O3. The fraction of sp³-hybridized carbons (Fsp3) is 0.474. The number of likely N-dealkylation sites (tertiary alicyclic amines) is 1. The summed E-state index contributed by atoms with van der Waals surface area (Å²) in [5.74, 6) is 0.743. The van der Waals surface area contributed by atoms with E-state index in [1.54, 1.807) is 6.07 Å². The van der Waals surface area contributed by atoms with Gasteiger partial charge in [-0.2, -0.15) is 5.10 Å². The van der Waals surface area contributed by atoms with Crippen LogP contribution in [0.15, 0.2) is 47.3 Å². The first kappa shape index (κ1) is 16.4. The number of H-pyrrole nitrogens is 1. The average molecular weight is 341 g/mol. The quantitative estimate of drug-likeness (QED) is 0.746. The maximum absolute atomic E-state index is 11.1. The molecule has 1 aliphatic heterocycles. The van der Waals surface area contributed by atoms with Gasteiger partial charge in [0.25, 0.3) is 5.56 Å². The zero-order valence-electron chi connectivity index (χ0n) is 14.0. The second-order valence-electron chi connectivity index (χ2n) is 7.42. The highest BCUT2D eigenvalue weighted by atomic mass is 16.3. The number of aromatic nitrogens is 2. The lowest BCUT2D eigenvalue weighted by Gasteiger charge is -2.48. The number of aliphatic hydroxyl groups excluding tert-OH is 1. The fourth-order valence-corrected chi connectivity index (χ4v) is 4.40. The van der Waals surface area contributed by atoms with E-state index in [1.165, 1.54) is 11.6 Å². The van der Waals surface area contributed by atoms with Gasteiger partial charge in [0, 0.05) is 38.0 Å². The molecule has 6 nitrogen and oxygen atoms in total. The average Bonchev–Trinajstić information content (AvgIpc) is 2.94. The largest absolute Gasteiger partial charge is 0.389 e. The van der Waals surface area contributed by atoms with Crippen molar-refractivity contribution in [1.29, 1.82) is 0 Å². The molecule has 6 heteroatoms. The lowest BCUT2D eigenvalue weighted by molar-refractivity contribution is -0.116. The first-order valence-electron chi connectivity index (χ1n) is 8.76. The first-order valence-corrected chi connectivity index (χ1v) is 8.76. The summed E-state index contributed by atoms with van der Waals surface area (Å²) in [6.07, 6.45) is 0.764. The van der Waals surface area contributed by atoms with Gasteiger partial charge in [0.1, 0.15) is 6.10 Å².